The Morgan fingerprint density at radius 1 is 1.00 bits per heavy atom. The zero-order valence-corrected chi connectivity index (χ0v) is 19.1. The lowest BCUT2D eigenvalue weighted by atomic mass is 10.2. The molecular weight excluding hydrogens is 426 g/mol. The molecule has 0 bridgehead atoms. The molecule has 7 nitrogen and oxygen atoms in total. The van der Waals surface area contributed by atoms with Crippen molar-refractivity contribution in [3.05, 3.63) is 80.3 Å². The van der Waals surface area contributed by atoms with Gasteiger partial charge in [-0.1, -0.05) is 61.7 Å². The monoisotopic (exact) mass is 453 g/mol. The van der Waals surface area contributed by atoms with Crippen molar-refractivity contribution in [2.24, 2.45) is 4.99 Å². The number of fused-ring (bicyclic) bond motifs is 1. The average Bonchev–Trinajstić information content (AvgIpc) is 3.40. The number of hydrogen-bond donors (Lipinski definition) is 0. The van der Waals surface area contributed by atoms with Crippen molar-refractivity contribution in [3.63, 3.8) is 0 Å². The molecule has 0 amide bonds. The highest BCUT2D eigenvalue weighted by atomic mass is 35.5. The van der Waals surface area contributed by atoms with Crippen molar-refractivity contribution in [2.75, 3.05) is 0 Å². The van der Waals surface area contributed by atoms with Crippen LogP contribution in [0.25, 0.3) is 0 Å². The molecule has 3 heterocycles. The third-order valence-corrected chi connectivity index (χ3v) is 5.97. The zero-order chi connectivity index (χ0) is 22.5. The number of nitrogens with zero attached hydrogens (tertiary/aromatic N) is 5. The van der Waals surface area contributed by atoms with E-state index in [0.29, 0.717) is 49.0 Å². The molecule has 2 aromatic heterocycles. The van der Waals surface area contributed by atoms with Gasteiger partial charge in [0.2, 0.25) is 0 Å². The molecule has 8 heteroatoms. The third-order valence-electron chi connectivity index (χ3n) is 5.75. The van der Waals surface area contributed by atoms with Crippen molar-refractivity contribution < 1.29 is 0 Å². The molecule has 1 aliphatic rings. The first-order valence-corrected chi connectivity index (χ1v) is 11.6. The second kappa shape index (κ2) is 10.1. The van der Waals surface area contributed by atoms with Crippen molar-refractivity contribution in [2.45, 2.75) is 65.1 Å². The largest absolute Gasteiger partial charge is 0.332 e. The van der Waals surface area contributed by atoms with Crippen LogP contribution in [0.1, 0.15) is 49.3 Å². The van der Waals surface area contributed by atoms with Gasteiger partial charge >= 0.3 is 5.69 Å². The minimum atomic E-state index is -0.292. The molecule has 0 atom stereocenters. The molecule has 32 heavy (non-hydrogen) atoms. The van der Waals surface area contributed by atoms with E-state index in [-0.39, 0.29) is 11.2 Å². The summed E-state index contributed by atoms with van der Waals surface area (Å²) >= 11 is 6.11. The lowest BCUT2D eigenvalue weighted by Gasteiger charge is -2.14. The smallest absolute Gasteiger partial charge is 0.278 e. The van der Waals surface area contributed by atoms with Gasteiger partial charge in [-0.25, -0.2) is 9.79 Å². The van der Waals surface area contributed by atoms with Gasteiger partial charge in [-0.05, 0) is 30.4 Å². The van der Waals surface area contributed by atoms with Crippen molar-refractivity contribution in [1.29, 1.82) is 0 Å². The van der Waals surface area contributed by atoms with E-state index in [1.165, 1.54) is 10.1 Å². The molecule has 0 radical (unpaired) electrons. The summed E-state index contributed by atoms with van der Waals surface area (Å²) < 4.78 is 4.89. The topological polar surface area (TPSA) is 74.2 Å². The van der Waals surface area contributed by atoms with Gasteiger partial charge in [0.05, 0.1) is 18.3 Å². The number of halogens is 1. The normalized spacial score (nSPS) is 12.8. The SMILES string of the molecule is CCCCCn1c2c(c(=O)n(CCCc3cnn(Cc4ccccc4)c3)c1=O)CC(Cl)=N2. The number of hydrogen-bond acceptors (Lipinski definition) is 4. The predicted molar refractivity (Wildman–Crippen MR) is 127 cm³/mol. The van der Waals surface area contributed by atoms with E-state index in [1.807, 2.05) is 35.3 Å². The number of rotatable bonds is 10. The van der Waals surface area contributed by atoms with Crippen LogP contribution < -0.4 is 11.2 Å². The summed E-state index contributed by atoms with van der Waals surface area (Å²) in [5.74, 6) is 0.444. The summed E-state index contributed by atoms with van der Waals surface area (Å²) in [6.07, 6.45) is 8.54. The number of benzene rings is 1. The van der Waals surface area contributed by atoms with Crippen LogP contribution in [0.15, 0.2) is 57.3 Å². The highest BCUT2D eigenvalue weighted by Gasteiger charge is 2.24. The van der Waals surface area contributed by atoms with Crippen LogP contribution in [0, 0.1) is 0 Å². The number of aromatic nitrogens is 4. The van der Waals surface area contributed by atoms with Crippen LogP contribution in [0.4, 0.5) is 5.82 Å². The maximum Gasteiger partial charge on any atom is 0.332 e. The summed E-state index contributed by atoms with van der Waals surface area (Å²) in [5, 5.41) is 4.80. The van der Waals surface area contributed by atoms with E-state index in [1.54, 1.807) is 4.57 Å². The van der Waals surface area contributed by atoms with E-state index in [4.69, 9.17) is 11.6 Å². The minimum Gasteiger partial charge on any atom is -0.278 e. The van der Waals surface area contributed by atoms with Crippen molar-refractivity contribution >= 4 is 22.6 Å². The summed E-state index contributed by atoms with van der Waals surface area (Å²) in [7, 11) is 0. The van der Waals surface area contributed by atoms with Crippen LogP contribution in [0.5, 0.6) is 0 Å². The molecule has 0 unspecified atom stereocenters. The molecule has 1 aromatic carbocycles. The van der Waals surface area contributed by atoms with E-state index in [0.717, 1.165) is 31.2 Å². The van der Waals surface area contributed by atoms with Gasteiger partial charge in [0.15, 0.2) is 0 Å². The Morgan fingerprint density at radius 2 is 1.78 bits per heavy atom. The van der Waals surface area contributed by atoms with Crippen LogP contribution in [-0.4, -0.2) is 24.1 Å². The van der Waals surface area contributed by atoms with Gasteiger partial charge in [0.25, 0.3) is 5.56 Å². The van der Waals surface area contributed by atoms with Crippen LogP contribution >= 0.6 is 11.6 Å². The van der Waals surface area contributed by atoms with E-state index in [2.05, 4.69) is 29.1 Å². The minimum absolute atomic E-state index is 0.268. The molecule has 0 spiro atoms. The second-order valence-corrected chi connectivity index (χ2v) is 8.64. The molecule has 3 aromatic rings. The Balaban J connectivity index is 1.46. The van der Waals surface area contributed by atoms with Gasteiger partial charge in [-0.15, -0.1) is 0 Å². The van der Waals surface area contributed by atoms with Crippen LogP contribution in [-0.2, 0) is 32.5 Å². The molecule has 0 saturated carbocycles. The quantitative estimate of drug-likeness (QED) is 0.437. The lowest BCUT2D eigenvalue weighted by Crippen LogP contribution is -2.41. The van der Waals surface area contributed by atoms with Crippen molar-refractivity contribution in [1.82, 2.24) is 18.9 Å². The highest BCUT2D eigenvalue weighted by Crippen LogP contribution is 2.24. The second-order valence-electron chi connectivity index (χ2n) is 8.20. The lowest BCUT2D eigenvalue weighted by molar-refractivity contribution is 0.513. The Bertz CT molecular complexity index is 1220. The fraction of sp³-hybridized carbons (Fsp3) is 0.417. The summed E-state index contributed by atoms with van der Waals surface area (Å²) in [5.41, 5.74) is 2.25. The predicted octanol–water partition coefficient (Wildman–Crippen LogP) is 3.90. The first-order valence-electron chi connectivity index (χ1n) is 11.2. The van der Waals surface area contributed by atoms with Gasteiger partial charge < -0.3 is 0 Å². The Kier molecular flexibility index (Phi) is 7.05. The van der Waals surface area contributed by atoms with E-state index < -0.39 is 0 Å². The molecule has 0 fully saturated rings. The van der Waals surface area contributed by atoms with Crippen LogP contribution in [0.2, 0.25) is 0 Å². The number of unbranched alkanes of at least 4 members (excludes halogenated alkanes) is 2. The number of aryl methyl sites for hydroxylation is 1. The fourth-order valence-electron chi connectivity index (χ4n) is 4.08. The Morgan fingerprint density at radius 3 is 2.56 bits per heavy atom. The maximum atomic E-state index is 13.1. The summed E-state index contributed by atoms with van der Waals surface area (Å²) in [6, 6.07) is 10.2. The van der Waals surface area contributed by atoms with Gasteiger partial charge in [-0.3, -0.25) is 18.6 Å². The fourth-order valence-corrected chi connectivity index (χ4v) is 4.29. The zero-order valence-electron chi connectivity index (χ0n) is 18.3. The van der Waals surface area contributed by atoms with Crippen molar-refractivity contribution in [3.8, 4) is 0 Å². The highest BCUT2D eigenvalue weighted by molar-refractivity contribution is 6.66. The molecule has 168 valence electrons. The van der Waals surface area contributed by atoms with Gasteiger partial charge in [0, 0.05) is 25.7 Å². The van der Waals surface area contributed by atoms with Gasteiger partial charge in [-0.2, -0.15) is 5.10 Å². The van der Waals surface area contributed by atoms with Gasteiger partial charge in [0.1, 0.15) is 11.0 Å². The molecule has 0 N–H and O–H groups in total. The summed E-state index contributed by atoms with van der Waals surface area (Å²) in [4.78, 5) is 30.3. The Hall–Kier alpha value is -2.93. The average molecular weight is 454 g/mol. The van der Waals surface area contributed by atoms with Crippen LogP contribution in [0.3, 0.4) is 0 Å². The van der Waals surface area contributed by atoms with E-state index in [9.17, 15) is 9.59 Å². The molecule has 4 rings (SSSR count). The molecular formula is C24H28ClN5O2. The first kappa shape index (κ1) is 22.3. The molecule has 0 aliphatic carbocycles. The summed E-state index contributed by atoms with van der Waals surface area (Å²) in [6.45, 7) is 3.74. The number of aliphatic imine (C=N–C) groups is 1. The van der Waals surface area contributed by atoms with E-state index >= 15 is 0 Å². The Labute approximate surface area is 192 Å². The third kappa shape index (κ3) is 4.93. The molecule has 0 saturated heterocycles. The molecule has 1 aliphatic heterocycles. The first-order chi connectivity index (χ1) is 15.6. The maximum absolute atomic E-state index is 13.1. The standard InChI is InChI=1S/C24H28ClN5O2/c1-2-3-7-12-29-22-20(14-21(25)27-22)23(31)30(24(29)32)13-8-11-19-15-26-28(17-19)16-18-9-5-4-6-10-18/h4-6,9-10,15,17H,2-3,7-8,11-14,16H2,1H3.